The van der Waals surface area contributed by atoms with Crippen LogP contribution >= 0.6 is 0 Å². The summed E-state index contributed by atoms with van der Waals surface area (Å²) in [5.74, 6) is 0. The van der Waals surface area contributed by atoms with Crippen molar-refractivity contribution in [2.75, 3.05) is 13.2 Å². The van der Waals surface area contributed by atoms with Gasteiger partial charge in [0.25, 0.3) is 0 Å². The third-order valence-electron chi connectivity index (χ3n) is 4.25. The third-order valence-corrected chi connectivity index (χ3v) is 8.73. The lowest BCUT2D eigenvalue weighted by Crippen LogP contribution is -2.53. The fraction of sp³-hybridized carbons (Fsp3) is 1.00. The number of unbranched alkanes of at least 4 members (excludes halogenated alkanes) is 1. The molecule has 0 saturated heterocycles. The monoisotopic (exact) mass is 262 g/mol. The molecule has 0 aromatic heterocycles. The zero-order valence-corrected chi connectivity index (χ0v) is 13.3. The molecule has 0 amide bonds. The summed E-state index contributed by atoms with van der Waals surface area (Å²) in [7, 11) is -2.50. The van der Waals surface area contributed by atoms with Gasteiger partial charge in [-0.25, -0.2) is 0 Å². The highest BCUT2D eigenvalue weighted by Crippen LogP contribution is 2.46. The molecule has 2 N–H and O–H groups in total. The van der Waals surface area contributed by atoms with E-state index in [0.29, 0.717) is 12.7 Å². The van der Waals surface area contributed by atoms with Crippen LogP contribution in [0, 0.1) is 0 Å². The molecule has 1 atom stereocenters. The Hall–Kier alpha value is 0.0969. The first-order chi connectivity index (χ1) is 7.56. The van der Waals surface area contributed by atoms with Crippen LogP contribution in [0.25, 0.3) is 0 Å². The first-order valence-corrected chi connectivity index (χ1v) is 9.24. The molecule has 4 heteroatoms. The van der Waals surface area contributed by atoms with Crippen LogP contribution in [-0.2, 0) is 4.74 Å². The van der Waals surface area contributed by atoms with Crippen LogP contribution in [0.5, 0.6) is 0 Å². The Morgan fingerprint density at radius 1 is 1.12 bits per heavy atom. The van der Waals surface area contributed by atoms with Gasteiger partial charge in [0.1, 0.15) is 0 Å². The first-order valence-electron chi connectivity index (χ1n) is 6.59. The molecule has 0 aliphatic heterocycles. The Labute approximate surface area is 107 Å². The van der Waals surface area contributed by atoms with Crippen molar-refractivity contribution in [3.63, 3.8) is 0 Å². The molecule has 0 saturated carbocycles. The Kier molecular flexibility index (Phi) is 6.35. The predicted molar refractivity (Wildman–Crippen MR) is 74.7 cm³/mol. The number of aliphatic hydroxyl groups is 1. The summed E-state index contributed by atoms with van der Waals surface area (Å²) < 4.78 is 5.51. The molecule has 0 aliphatic rings. The van der Waals surface area contributed by atoms with Gasteiger partial charge < -0.3 is 14.6 Å². The first kappa shape index (κ1) is 17.1. The van der Waals surface area contributed by atoms with Crippen molar-refractivity contribution < 1.29 is 14.6 Å². The van der Waals surface area contributed by atoms with E-state index in [1.807, 2.05) is 20.4 Å². The van der Waals surface area contributed by atoms with Crippen molar-refractivity contribution in [3.05, 3.63) is 0 Å². The minimum absolute atomic E-state index is 0.450. The van der Waals surface area contributed by atoms with Crippen molar-refractivity contribution in [2.24, 2.45) is 0 Å². The van der Waals surface area contributed by atoms with Crippen LogP contribution in [0.1, 0.15) is 47.5 Å². The fourth-order valence-corrected chi connectivity index (χ4v) is 4.08. The maximum Gasteiger partial charge on any atom is 0.196 e. The van der Waals surface area contributed by atoms with Gasteiger partial charge in [0, 0.05) is 18.3 Å². The second kappa shape index (κ2) is 6.32. The van der Waals surface area contributed by atoms with Gasteiger partial charge in [0.2, 0.25) is 0 Å². The molecule has 0 rings (SSSR count). The normalized spacial score (nSPS) is 16.9. The smallest absolute Gasteiger partial charge is 0.196 e. The summed E-state index contributed by atoms with van der Waals surface area (Å²) in [4.78, 5) is 10.6. The van der Waals surface area contributed by atoms with Gasteiger partial charge in [0.15, 0.2) is 8.32 Å². The summed E-state index contributed by atoms with van der Waals surface area (Å²) in [6.45, 7) is 12.8. The quantitative estimate of drug-likeness (QED) is 0.522. The molecule has 17 heavy (non-hydrogen) atoms. The maximum absolute atomic E-state index is 10.6. The van der Waals surface area contributed by atoms with Gasteiger partial charge in [-0.15, -0.1) is 0 Å². The number of hydrogen-bond acceptors (Lipinski definition) is 3. The van der Waals surface area contributed by atoms with Crippen LogP contribution in [0.4, 0.5) is 0 Å². The van der Waals surface area contributed by atoms with Gasteiger partial charge in [-0.05, 0) is 32.9 Å². The van der Waals surface area contributed by atoms with Crippen molar-refractivity contribution in [1.82, 2.24) is 0 Å². The van der Waals surface area contributed by atoms with E-state index in [1.54, 1.807) is 13.8 Å². The Balaban J connectivity index is 4.28. The molecule has 0 fully saturated rings. The Morgan fingerprint density at radius 3 is 2.06 bits per heavy atom. The lowest BCUT2D eigenvalue weighted by atomic mass is 9.94. The standard InChI is InChI=1S/C13H30O3Si/c1-7-8-9-16-10-11-17(6,15)13(4,5)12(2,3)14/h14-15H,7-11H2,1-6H3. The Bertz CT molecular complexity index is 219. The summed E-state index contributed by atoms with van der Waals surface area (Å²) in [5, 5.41) is 9.71. The highest BCUT2D eigenvalue weighted by molar-refractivity contribution is 6.74. The van der Waals surface area contributed by atoms with E-state index < -0.39 is 19.0 Å². The van der Waals surface area contributed by atoms with Gasteiger partial charge in [-0.3, -0.25) is 0 Å². The summed E-state index contributed by atoms with van der Waals surface area (Å²) in [6, 6.07) is 0.674. The number of hydrogen-bond donors (Lipinski definition) is 2. The van der Waals surface area contributed by atoms with Crippen molar-refractivity contribution in [1.29, 1.82) is 0 Å². The molecule has 104 valence electrons. The molecule has 0 heterocycles. The largest absolute Gasteiger partial charge is 0.431 e. The summed E-state index contributed by atoms with van der Waals surface area (Å²) >= 11 is 0. The molecule has 1 unspecified atom stereocenters. The molecule has 0 aromatic carbocycles. The third kappa shape index (κ3) is 4.70. The lowest BCUT2D eigenvalue weighted by molar-refractivity contribution is 0.0301. The van der Waals surface area contributed by atoms with Gasteiger partial charge >= 0.3 is 0 Å². The highest BCUT2D eigenvalue weighted by Gasteiger charge is 2.50. The Morgan fingerprint density at radius 2 is 1.65 bits per heavy atom. The van der Waals surface area contributed by atoms with Crippen LogP contribution in [0.2, 0.25) is 17.6 Å². The zero-order chi connectivity index (χ0) is 13.7. The van der Waals surface area contributed by atoms with Crippen LogP contribution in [0.3, 0.4) is 0 Å². The van der Waals surface area contributed by atoms with Gasteiger partial charge in [-0.2, -0.15) is 0 Å². The molecular weight excluding hydrogens is 232 g/mol. The van der Waals surface area contributed by atoms with Crippen molar-refractivity contribution in [2.45, 2.75) is 70.7 Å². The van der Waals surface area contributed by atoms with E-state index >= 15 is 0 Å². The number of rotatable bonds is 8. The van der Waals surface area contributed by atoms with Gasteiger partial charge in [0.05, 0.1) is 5.60 Å². The minimum atomic E-state index is -2.50. The van der Waals surface area contributed by atoms with Crippen molar-refractivity contribution in [3.8, 4) is 0 Å². The zero-order valence-electron chi connectivity index (χ0n) is 12.3. The molecule has 0 bridgehead atoms. The number of ether oxygens (including phenoxy) is 1. The van der Waals surface area contributed by atoms with Gasteiger partial charge in [-0.1, -0.05) is 27.2 Å². The summed E-state index contributed by atoms with van der Waals surface area (Å²) in [6.07, 6.45) is 2.20. The summed E-state index contributed by atoms with van der Waals surface area (Å²) in [5.41, 5.74) is -0.869. The van der Waals surface area contributed by atoms with Crippen LogP contribution in [-0.4, -0.2) is 37.0 Å². The molecule has 0 aromatic rings. The second-order valence-electron chi connectivity index (χ2n) is 6.17. The van der Waals surface area contributed by atoms with E-state index in [1.165, 1.54) is 0 Å². The minimum Gasteiger partial charge on any atom is -0.431 e. The van der Waals surface area contributed by atoms with E-state index in [2.05, 4.69) is 6.92 Å². The molecule has 0 spiro atoms. The van der Waals surface area contributed by atoms with E-state index in [9.17, 15) is 9.90 Å². The van der Waals surface area contributed by atoms with Crippen LogP contribution < -0.4 is 0 Å². The molecule has 0 aliphatic carbocycles. The average molecular weight is 262 g/mol. The molecule has 3 nitrogen and oxygen atoms in total. The maximum atomic E-state index is 10.6. The SMILES string of the molecule is CCCCOCC[Si](C)(O)C(C)(C)C(C)(C)O. The van der Waals surface area contributed by atoms with Crippen molar-refractivity contribution >= 4 is 8.32 Å². The highest BCUT2D eigenvalue weighted by atomic mass is 28.4. The molecular formula is C13H30O3Si. The van der Waals surface area contributed by atoms with E-state index in [4.69, 9.17) is 4.74 Å². The lowest BCUT2D eigenvalue weighted by Gasteiger charge is -2.46. The topological polar surface area (TPSA) is 49.7 Å². The van der Waals surface area contributed by atoms with E-state index in [-0.39, 0.29) is 0 Å². The van der Waals surface area contributed by atoms with Crippen LogP contribution in [0.15, 0.2) is 0 Å². The van der Waals surface area contributed by atoms with E-state index in [0.717, 1.165) is 19.4 Å². The second-order valence-corrected chi connectivity index (χ2v) is 10.5. The average Bonchev–Trinajstić information content (AvgIpc) is 2.15. The predicted octanol–water partition coefficient (Wildman–Crippen LogP) is 2.92. The fourth-order valence-electron chi connectivity index (χ4n) is 1.59. The molecule has 0 radical (unpaired) electrons.